The average Bonchev–Trinajstić information content (AvgIpc) is 2.79. The molecule has 0 aromatic carbocycles. The van der Waals surface area contributed by atoms with Gasteiger partial charge in [-0.15, -0.1) is 0 Å². The second kappa shape index (κ2) is 9.45. The van der Waals surface area contributed by atoms with E-state index in [0.29, 0.717) is 31.5 Å². The summed E-state index contributed by atoms with van der Waals surface area (Å²) in [4.78, 5) is 26.6. The number of nitrogens with zero attached hydrogens (tertiary/aromatic N) is 4. The van der Waals surface area contributed by atoms with E-state index in [0.717, 1.165) is 64.3 Å². The molecule has 4 N–H and O–H groups in total. The molecule has 3 atom stereocenters. The van der Waals surface area contributed by atoms with Gasteiger partial charge in [-0.1, -0.05) is 0 Å². The van der Waals surface area contributed by atoms with Crippen molar-refractivity contribution in [1.29, 1.82) is 0 Å². The Morgan fingerprint density at radius 3 is 2.93 bits per heavy atom. The molecule has 3 aliphatic rings. The summed E-state index contributed by atoms with van der Waals surface area (Å²) in [6.45, 7) is 5.68. The van der Waals surface area contributed by atoms with Crippen molar-refractivity contribution in [2.24, 2.45) is 11.3 Å². The number of carbonyl (C=O) groups is 1. The van der Waals surface area contributed by atoms with Crippen LogP contribution in [0.4, 0.5) is 11.8 Å². The minimum atomic E-state index is -0.434. The largest absolute Gasteiger partial charge is 0.396 e. The lowest BCUT2D eigenvalue weighted by atomic mass is 9.61. The Balaban J connectivity index is 1.53. The minimum absolute atomic E-state index is 0.0855. The van der Waals surface area contributed by atoms with Gasteiger partial charge < -0.3 is 25.8 Å². The molecule has 3 heterocycles. The van der Waals surface area contributed by atoms with E-state index in [9.17, 15) is 4.79 Å². The first-order valence-corrected chi connectivity index (χ1v) is 11.2. The highest BCUT2D eigenvalue weighted by atomic mass is 16.5. The molecular weight excluding hydrogens is 384 g/mol. The second-order valence-electron chi connectivity index (χ2n) is 8.75. The molecule has 9 heteroatoms. The maximum absolute atomic E-state index is 13.4. The van der Waals surface area contributed by atoms with Crippen LogP contribution in [0, 0.1) is 11.3 Å². The number of nitrogen functional groups attached to an aromatic ring is 1. The Labute approximate surface area is 178 Å². The van der Waals surface area contributed by atoms with Gasteiger partial charge in [0.2, 0.25) is 11.9 Å². The maximum atomic E-state index is 13.4. The van der Waals surface area contributed by atoms with Gasteiger partial charge in [0.1, 0.15) is 5.82 Å². The third kappa shape index (κ3) is 4.38. The number of nitrogens with one attached hydrogen (secondary N) is 1. The molecule has 2 aliphatic heterocycles. The zero-order chi connectivity index (χ0) is 21.0. The first kappa shape index (κ1) is 21.3. The van der Waals surface area contributed by atoms with Gasteiger partial charge in [-0.2, -0.15) is 4.98 Å². The van der Waals surface area contributed by atoms with E-state index in [4.69, 9.17) is 15.6 Å². The Morgan fingerprint density at radius 2 is 2.17 bits per heavy atom. The van der Waals surface area contributed by atoms with E-state index in [2.05, 4.69) is 25.1 Å². The number of nitrogens with two attached hydrogens (primary N) is 1. The number of amides is 1. The molecule has 1 aromatic heterocycles. The van der Waals surface area contributed by atoms with Crippen LogP contribution in [-0.4, -0.2) is 84.5 Å². The summed E-state index contributed by atoms with van der Waals surface area (Å²) >= 11 is 0. The lowest BCUT2D eigenvalue weighted by Gasteiger charge is -2.53. The highest BCUT2D eigenvalue weighted by molar-refractivity contribution is 5.84. The number of hydrogen-bond donors (Lipinski definition) is 3. The summed E-state index contributed by atoms with van der Waals surface area (Å²) in [5.41, 5.74) is 5.37. The number of carbonyl (C=O) groups excluding carboxylic acids is 1. The van der Waals surface area contributed by atoms with Crippen LogP contribution in [-0.2, 0) is 9.53 Å². The van der Waals surface area contributed by atoms with Gasteiger partial charge in [-0.25, -0.2) is 4.98 Å². The maximum Gasteiger partial charge on any atom is 0.228 e. The number of aliphatic hydroxyl groups is 1. The second-order valence-corrected chi connectivity index (χ2v) is 8.75. The summed E-state index contributed by atoms with van der Waals surface area (Å²) in [5, 5.41) is 12.2. The molecule has 2 saturated heterocycles. The number of piperidine rings is 1. The van der Waals surface area contributed by atoms with Gasteiger partial charge >= 0.3 is 0 Å². The number of rotatable bonds is 6. The van der Waals surface area contributed by atoms with Crippen molar-refractivity contribution in [2.45, 2.75) is 38.1 Å². The molecular formula is C21H34N6O3. The number of fused-ring (bicyclic) bond motifs is 1. The number of aliphatic hydroxyl groups excluding tert-OH is 1. The highest BCUT2D eigenvalue weighted by Gasteiger charge is 2.52. The van der Waals surface area contributed by atoms with Crippen LogP contribution in [0.25, 0.3) is 0 Å². The molecule has 1 saturated carbocycles. The summed E-state index contributed by atoms with van der Waals surface area (Å²) in [6, 6.07) is 2.39. The van der Waals surface area contributed by atoms with Crippen LogP contribution in [0.3, 0.4) is 0 Å². The van der Waals surface area contributed by atoms with Gasteiger partial charge in [0, 0.05) is 51.6 Å². The van der Waals surface area contributed by atoms with E-state index in [1.54, 1.807) is 6.20 Å². The fraction of sp³-hybridized carbons (Fsp3) is 0.762. The van der Waals surface area contributed by atoms with E-state index in [-0.39, 0.29) is 18.5 Å². The lowest BCUT2D eigenvalue weighted by Crippen LogP contribution is -2.61. The fourth-order valence-electron chi connectivity index (χ4n) is 5.47. The smallest absolute Gasteiger partial charge is 0.228 e. The first-order chi connectivity index (χ1) is 14.6. The van der Waals surface area contributed by atoms with Crippen LogP contribution in [0.2, 0.25) is 0 Å². The Bertz CT molecular complexity index is 728. The number of ether oxygens (including phenoxy) is 1. The number of aromatic nitrogens is 2. The van der Waals surface area contributed by atoms with Gasteiger partial charge in [0.05, 0.1) is 18.6 Å². The first-order valence-electron chi connectivity index (χ1n) is 11.2. The van der Waals surface area contributed by atoms with E-state index in [1.807, 2.05) is 6.07 Å². The number of anilines is 2. The minimum Gasteiger partial charge on any atom is -0.396 e. The van der Waals surface area contributed by atoms with E-state index in [1.165, 1.54) is 0 Å². The lowest BCUT2D eigenvalue weighted by molar-refractivity contribution is -0.139. The Hall–Kier alpha value is -1.97. The molecule has 0 radical (unpaired) electrons. The molecule has 0 bridgehead atoms. The molecule has 166 valence electrons. The Kier molecular flexibility index (Phi) is 6.70. The van der Waals surface area contributed by atoms with Crippen molar-refractivity contribution >= 4 is 17.7 Å². The monoisotopic (exact) mass is 418 g/mol. The van der Waals surface area contributed by atoms with E-state index >= 15 is 0 Å². The van der Waals surface area contributed by atoms with Gasteiger partial charge in [-0.3, -0.25) is 9.69 Å². The van der Waals surface area contributed by atoms with Crippen molar-refractivity contribution in [1.82, 2.24) is 20.2 Å². The van der Waals surface area contributed by atoms with Crippen molar-refractivity contribution in [2.75, 3.05) is 63.2 Å². The summed E-state index contributed by atoms with van der Waals surface area (Å²) in [7, 11) is 0. The third-order valence-electron chi connectivity index (χ3n) is 7.10. The van der Waals surface area contributed by atoms with Crippen LogP contribution in [0.5, 0.6) is 0 Å². The van der Waals surface area contributed by atoms with Gasteiger partial charge in [-0.05, 0) is 44.1 Å². The molecule has 1 amide bonds. The topological polar surface area (TPSA) is 117 Å². The van der Waals surface area contributed by atoms with Crippen molar-refractivity contribution in [3.63, 3.8) is 0 Å². The van der Waals surface area contributed by atoms with Gasteiger partial charge in [0.15, 0.2) is 0 Å². The van der Waals surface area contributed by atoms with Gasteiger partial charge in [0.25, 0.3) is 0 Å². The normalized spacial score (nSPS) is 30.0. The van der Waals surface area contributed by atoms with Crippen molar-refractivity contribution < 1.29 is 14.6 Å². The fourth-order valence-corrected chi connectivity index (χ4v) is 5.47. The van der Waals surface area contributed by atoms with Crippen LogP contribution in [0.1, 0.15) is 32.1 Å². The molecule has 1 aromatic rings. The molecule has 4 rings (SSSR count). The zero-order valence-corrected chi connectivity index (χ0v) is 17.6. The van der Waals surface area contributed by atoms with Crippen LogP contribution < -0.4 is 16.0 Å². The molecule has 0 spiro atoms. The van der Waals surface area contributed by atoms with E-state index < -0.39 is 5.41 Å². The summed E-state index contributed by atoms with van der Waals surface area (Å²) in [6.07, 6.45) is 6.14. The van der Waals surface area contributed by atoms with Crippen molar-refractivity contribution in [3.8, 4) is 0 Å². The highest BCUT2D eigenvalue weighted by Crippen LogP contribution is 2.48. The average molecular weight is 419 g/mol. The standard InChI is InChI=1S/C21H34N6O3/c22-20-24-7-3-18(25-20)27-8-4-16-14-17(26-9-12-30-13-10-26)2-5-21(16,15-27)19(29)23-6-1-11-28/h3,7,16-17,28H,1-2,4-6,8-15H2,(H,23,29)(H2,22,24,25)/t16-,17+,21-/m1/s1. The molecule has 3 fully saturated rings. The third-order valence-corrected chi connectivity index (χ3v) is 7.10. The number of hydrogen-bond acceptors (Lipinski definition) is 8. The predicted molar refractivity (Wildman–Crippen MR) is 114 cm³/mol. The Morgan fingerprint density at radius 1 is 1.33 bits per heavy atom. The predicted octanol–water partition coefficient (Wildman–Crippen LogP) is 0.255. The molecule has 30 heavy (non-hydrogen) atoms. The van der Waals surface area contributed by atoms with Crippen molar-refractivity contribution in [3.05, 3.63) is 12.3 Å². The SMILES string of the molecule is Nc1nccc(N2CC[C@@H]3C[C@@H](N4CCOCC4)CC[C@@]3(C(=O)NCCCO)C2)n1. The molecule has 9 nitrogen and oxygen atoms in total. The quantitative estimate of drug-likeness (QED) is 0.563. The van der Waals surface area contributed by atoms with Crippen LogP contribution in [0.15, 0.2) is 12.3 Å². The summed E-state index contributed by atoms with van der Waals surface area (Å²) in [5.74, 6) is 1.50. The molecule has 0 unspecified atom stereocenters. The zero-order valence-electron chi connectivity index (χ0n) is 17.6. The molecule has 1 aliphatic carbocycles. The summed E-state index contributed by atoms with van der Waals surface area (Å²) < 4.78 is 5.53. The number of morpholine rings is 1. The van der Waals surface area contributed by atoms with Crippen LogP contribution >= 0.6 is 0 Å².